The van der Waals surface area contributed by atoms with Gasteiger partial charge in [-0.15, -0.1) is 0 Å². The standard InChI is InChI=1S/C21H17F3N4O/c1-29-20-10-3-2-9-19(20)28-18(11-12-25-28)17-8-5-13-27(26-17)16-7-4-6-15(14-16)21(22,23)24/h2-14,26H,1H3. The van der Waals surface area contributed by atoms with Crippen LogP contribution in [0.2, 0.25) is 0 Å². The van der Waals surface area contributed by atoms with E-state index >= 15 is 0 Å². The van der Waals surface area contributed by atoms with Gasteiger partial charge in [0.1, 0.15) is 11.4 Å². The Bertz CT molecular complexity index is 1090. The number of hydrogen-bond donors (Lipinski definition) is 1. The number of para-hydroxylation sites is 2. The molecule has 148 valence electrons. The summed E-state index contributed by atoms with van der Waals surface area (Å²) < 4.78 is 46.3. The van der Waals surface area contributed by atoms with E-state index in [2.05, 4.69) is 10.5 Å². The lowest BCUT2D eigenvalue weighted by molar-refractivity contribution is -0.137. The van der Waals surface area contributed by atoms with Crippen molar-refractivity contribution in [3.8, 4) is 11.4 Å². The van der Waals surface area contributed by atoms with Crippen LogP contribution in [0.5, 0.6) is 5.75 Å². The molecule has 2 heterocycles. The van der Waals surface area contributed by atoms with Crippen molar-refractivity contribution in [1.29, 1.82) is 0 Å². The second kappa shape index (κ2) is 7.38. The summed E-state index contributed by atoms with van der Waals surface area (Å²) in [4.78, 5) is 0. The van der Waals surface area contributed by atoms with Crippen molar-refractivity contribution in [1.82, 2.24) is 15.2 Å². The van der Waals surface area contributed by atoms with Gasteiger partial charge in [0, 0.05) is 6.20 Å². The summed E-state index contributed by atoms with van der Waals surface area (Å²) in [5.74, 6) is 0.652. The highest BCUT2D eigenvalue weighted by Gasteiger charge is 2.31. The molecule has 1 aromatic heterocycles. The minimum atomic E-state index is -4.41. The second-order valence-corrected chi connectivity index (χ2v) is 6.25. The van der Waals surface area contributed by atoms with Crippen LogP contribution in [0.3, 0.4) is 0 Å². The molecule has 4 rings (SSSR count). The highest BCUT2D eigenvalue weighted by Crippen LogP contribution is 2.32. The molecule has 0 bridgehead atoms. The van der Waals surface area contributed by atoms with Gasteiger partial charge >= 0.3 is 6.18 Å². The first-order valence-corrected chi connectivity index (χ1v) is 8.77. The number of methoxy groups -OCH3 is 1. The van der Waals surface area contributed by atoms with Crippen LogP contribution < -0.4 is 15.2 Å². The van der Waals surface area contributed by atoms with Crippen LogP contribution in [0.4, 0.5) is 18.9 Å². The Balaban J connectivity index is 1.66. The van der Waals surface area contributed by atoms with E-state index in [0.717, 1.165) is 23.5 Å². The van der Waals surface area contributed by atoms with Crippen LogP contribution >= 0.6 is 0 Å². The number of benzene rings is 2. The number of aromatic nitrogens is 2. The molecule has 0 saturated heterocycles. The number of allylic oxidation sites excluding steroid dienone is 2. The topological polar surface area (TPSA) is 42.3 Å². The zero-order valence-electron chi connectivity index (χ0n) is 15.4. The molecular weight excluding hydrogens is 381 g/mol. The zero-order valence-corrected chi connectivity index (χ0v) is 15.4. The minimum absolute atomic E-state index is 0.366. The van der Waals surface area contributed by atoms with Gasteiger partial charge in [0.25, 0.3) is 0 Å². The maximum absolute atomic E-state index is 13.1. The minimum Gasteiger partial charge on any atom is -0.494 e. The Hall–Kier alpha value is -3.68. The molecule has 29 heavy (non-hydrogen) atoms. The molecule has 1 aliphatic heterocycles. The third kappa shape index (κ3) is 3.69. The average molecular weight is 398 g/mol. The number of hydrazine groups is 1. The average Bonchev–Trinajstić information content (AvgIpc) is 3.23. The number of anilines is 1. The smallest absolute Gasteiger partial charge is 0.416 e. The molecule has 3 aromatic rings. The molecule has 0 saturated carbocycles. The van der Waals surface area contributed by atoms with Crippen molar-refractivity contribution in [2.75, 3.05) is 12.1 Å². The third-order valence-electron chi connectivity index (χ3n) is 4.42. The number of hydrogen-bond acceptors (Lipinski definition) is 4. The van der Waals surface area contributed by atoms with Crippen molar-refractivity contribution in [3.63, 3.8) is 0 Å². The molecule has 0 aliphatic carbocycles. The number of rotatable bonds is 4. The highest BCUT2D eigenvalue weighted by atomic mass is 19.4. The van der Waals surface area contributed by atoms with Gasteiger partial charge in [0.2, 0.25) is 0 Å². The van der Waals surface area contributed by atoms with Crippen molar-refractivity contribution in [2.24, 2.45) is 0 Å². The Morgan fingerprint density at radius 1 is 1.03 bits per heavy atom. The lowest BCUT2D eigenvalue weighted by Crippen LogP contribution is -2.34. The van der Waals surface area contributed by atoms with Crippen LogP contribution in [0.15, 0.2) is 79.1 Å². The van der Waals surface area contributed by atoms with Gasteiger partial charge in [-0.1, -0.05) is 18.2 Å². The normalized spacial score (nSPS) is 13.8. The largest absolute Gasteiger partial charge is 0.494 e. The van der Waals surface area contributed by atoms with E-state index in [-0.39, 0.29) is 0 Å². The Kier molecular flexibility index (Phi) is 4.75. The summed E-state index contributed by atoms with van der Waals surface area (Å²) in [7, 11) is 1.58. The Morgan fingerprint density at radius 2 is 1.86 bits per heavy atom. The summed E-state index contributed by atoms with van der Waals surface area (Å²) >= 11 is 0. The fourth-order valence-electron chi connectivity index (χ4n) is 3.06. The van der Waals surface area contributed by atoms with Crippen LogP contribution in [0.25, 0.3) is 11.4 Å². The third-order valence-corrected chi connectivity index (χ3v) is 4.42. The molecular formula is C21H17F3N4O. The number of nitrogens with zero attached hydrogens (tertiary/aromatic N) is 3. The lowest BCUT2D eigenvalue weighted by atomic mass is 10.2. The number of ether oxygens (including phenoxy) is 1. The number of halogens is 3. The second-order valence-electron chi connectivity index (χ2n) is 6.25. The molecule has 8 heteroatoms. The van der Waals surface area contributed by atoms with Crippen molar-refractivity contribution in [2.45, 2.75) is 6.18 Å². The number of alkyl halides is 3. The van der Waals surface area contributed by atoms with E-state index in [1.54, 1.807) is 36.3 Å². The van der Waals surface area contributed by atoms with Crippen LogP contribution in [-0.4, -0.2) is 16.9 Å². The first-order chi connectivity index (χ1) is 14.0. The molecule has 1 N–H and O–H groups in total. The first-order valence-electron chi connectivity index (χ1n) is 8.77. The highest BCUT2D eigenvalue weighted by molar-refractivity contribution is 5.70. The van der Waals surface area contributed by atoms with E-state index in [9.17, 15) is 13.2 Å². The molecule has 0 amide bonds. The fraction of sp³-hybridized carbons (Fsp3) is 0.0952. The first kappa shape index (κ1) is 18.7. The van der Waals surface area contributed by atoms with Crippen molar-refractivity contribution >= 4 is 11.4 Å². The van der Waals surface area contributed by atoms with Gasteiger partial charge in [-0.05, 0) is 48.6 Å². The summed E-state index contributed by atoms with van der Waals surface area (Å²) in [6.07, 6.45) is 2.48. The SMILES string of the molecule is COc1ccccc1-n1nccc1C1=CC=CN(c2cccc(C(F)(F)F)c2)N1. The molecule has 0 atom stereocenters. The predicted molar refractivity (Wildman–Crippen MR) is 104 cm³/mol. The van der Waals surface area contributed by atoms with Crippen LogP contribution in [0, 0.1) is 0 Å². The molecule has 0 radical (unpaired) electrons. The van der Waals surface area contributed by atoms with Crippen molar-refractivity contribution < 1.29 is 17.9 Å². The van der Waals surface area contributed by atoms with Gasteiger partial charge in [0.15, 0.2) is 0 Å². The van der Waals surface area contributed by atoms with E-state index in [0.29, 0.717) is 17.1 Å². The van der Waals surface area contributed by atoms with Gasteiger partial charge in [-0.25, -0.2) is 4.68 Å². The predicted octanol–water partition coefficient (Wildman–Crippen LogP) is 4.78. The van der Waals surface area contributed by atoms with Crippen LogP contribution in [0.1, 0.15) is 11.3 Å². The molecule has 2 aromatic carbocycles. The summed E-state index contributed by atoms with van der Waals surface area (Å²) in [6.45, 7) is 0. The van der Waals surface area contributed by atoms with Crippen LogP contribution in [-0.2, 0) is 6.18 Å². The lowest BCUT2D eigenvalue weighted by Gasteiger charge is -2.27. The molecule has 0 unspecified atom stereocenters. The van der Waals surface area contributed by atoms with E-state index in [1.807, 2.05) is 36.4 Å². The summed E-state index contributed by atoms with van der Waals surface area (Å²) in [6, 6.07) is 14.4. The summed E-state index contributed by atoms with van der Waals surface area (Å²) in [5.41, 5.74) is 4.95. The van der Waals surface area contributed by atoms with E-state index in [1.165, 1.54) is 11.1 Å². The van der Waals surface area contributed by atoms with Gasteiger partial charge in [-0.2, -0.15) is 18.3 Å². The molecule has 5 nitrogen and oxygen atoms in total. The summed E-state index contributed by atoms with van der Waals surface area (Å²) in [5, 5.41) is 5.91. The molecule has 0 fully saturated rings. The Labute approximate surface area is 165 Å². The van der Waals surface area contributed by atoms with Gasteiger partial charge in [0.05, 0.1) is 35.9 Å². The monoisotopic (exact) mass is 398 g/mol. The van der Waals surface area contributed by atoms with Gasteiger partial charge in [-0.3, -0.25) is 10.4 Å². The van der Waals surface area contributed by atoms with Crippen molar-refractivity contribution in [3.05, 3.63) is 90.4 Å². The quantitative estimate of drug-likeness (QED) is 0.687. The molecule has 0 spiro atoms. The Morgan fingerprint density at radius 3 is 2.66 bits per heavy atom. The number of nitrogens with one attached hydrogen (secondary N) is 1. The fourth-order valence-corrected chi connectivity index (χ4v) is 3.06. The maximum Gasteiger partial charge on any atom is 0.416 e. The van der Waals surface area contributed by atoms with Gasteiger partial charge < -0.3 is 4.74 Å². The van der Waals surface area contributed by atoms with E-state index in [4.69, 9.17) is 4.74 Å². The zero-order chi connectivity index (χ0) is 20.4. The maximum atomic E-state index is 13.1. The molecule has 1 aliphatic rings. The van der Waals surface area contributed by atoms with E-state index < -0.39 is 11.7 Å².